The first-order valence-corrected chi connectivity index (χ1v) is 10.9. The number of rotatable bonds is 9. The molecule has 0 heterocycles. The van der Waals surface area contributed by atoms with E-state index in [9.17, 15) is 14.4 Å². The van der Waals surface area contributed by atoms with E-state index in [1.807, 2.05) is 0 Å². The van der Waals surface area contributed by atoms with E-state index in [0.717, 1.165) is 17.7 Å². The lowest BCUT2D eigenvalue weighted by Crippen LogP contribution is -2.38. The Balaban J connectivity index is 2.75. The zero-order valence-electron chi connectivity index (χ0n) is 16.1. The molecule has 0 aromatic rings. The molecule has 0 saturated heterocycles. The Bertz CT molecular complexity index is 579. The Hall–Kier alpha value is -1.21. The zero-order valence-corrected chi connectivity index (χ0v) is 17.8. The first-order chi connectivity index (χ1) is 12.2. The fraction of sp³-hybridized carbons (Fsp3) is 0.632. The molecule has 2 atom stereocenters. The molecule has 0 spiro atoms. The van der Waals surface area contributed by atoms with Crippen molar-refractivity contribution in [2.45, 2.75) is 65.5 Å². The van der Waals surface area contributed by atoms with Gasteiger partial charge >= 0.3 is 0 Å². The zero-order chi connectivity index (χ0) is 19.7. The van der Waals surface area contributed by atoms with Crippen molar-refractivity contribution >= 4 is 40.5 Å². The third-order valence-corrected chi connectivity index (χ3v) is 6.38. The molecule has 1 rings (SSSR count). The van der Waals surface area contributed by atoms with Gasteiger partial charge in [0.05, 0.1) is 12.1 Å². The van der Waals surface area contributed by atoms with Crippen LogP contribution in [0.3, 0.4) is 0 Å². The Morgan fingerprint density at radius 2 is 1.42 bits per heavy atom. The van der Waals surface area contributed by atoms with Crippen LogP contribution in [0.1, 0.15) is 53.4 Å². The summed E-state index contributed by atoms with van der Waals surface area (Å²) in [6.07, 6.45) is 4.65. The van der Waals surface area contributed by atoms with Gasteiger partial charge in [-0.15, -0.1) is 11.8 Å². The maximum Gasteiger partial charge on any atom is 0.217 e. The number of thioether (sulfide) groups is 2. The quantitative estimate of drug-likeness (QED) is 0.582. The van der Waals surface area contributed by atoms with E-state index >= 15 is 0 Å². The lowest BCUT2D eigenvalue weighted by atomic mass is 10.0. The molecule has 2 amide bonds. The Labute approximate surface area is 165 Å². The molecular formula is C19H30N2O3S2. The summed E-state index contributed by atoms with van der Waals surface area (Å²) in [7, 11) is 0. The Kier molecular flexibility index (Phi) is 10.1. The van der Waals surface area contributed by atoms with Crippen LogP contribution in [0.2, 0.25) is 0 Å². The van der Waals surface area contributed by atoms with E-state index in [2.05, 4.69) is 24.1 Å². The van der Waals surface area contributed by atoms with Crippen molar-refractivity contribution < 1.29 is 14.4 Å². The fourth-order valence-electron chi connectivity index (χ4n) is 2.91. The van der Waals surface area contributed by atoms with Crippen LogP contribution in [0.25, 0.3) is 0 Å². The number of carbonyl (C=O) groups excluding carboxylic acids is 3. The molecule has 1 fully saturated rings. The minimum atomic E-state index is -0.274. The van der Waals surface area contributed by atoms with Crippen molar-refractivity contribution in [3.05, 3.63) is 22.6 Å². The number of carbonyl (C=O) groups is 3. The molecule has 0 radical (unpaired) electrons. The molecule has 0 aromatic carbocycles. The molecular weight excluding hydrogens is 368 g/mol. The van der Waals surface area contributed by atoms with Crippen LogP contribution in [0.4, 0.5) is 0 Å². The highest BCUT2D eigenvalue weighted by molar-refractivity contribution is 8.13. The number of amides is 2. The molecule has 1 saturated carbocycles. The fourth-order valence-corrected chi connectivity index (χ4v) is 4.76. The molecule has 2 N–H and O–H groups in total. The Morgan fingerprint density at radius 1 is 0.923 bits per heavy atom. The smallest absolute Gasteiger partial charge is 0.217 e. The molecule has 7 heteroatoms. The first kappa shape index (κ1) is 22.8. The highest BCUT2D eigenvalue weighted by Crippen LogP contribution is 2.30. The van der Waals surface area contributed by atoms with Crippen LogP contribution in [-0.2, 0) is 14.4 Å². The van der Waals surface area contributed by atoms with Crippen molar-refractivity contribution in [1.29, 1.82) is 0 Å². The van der Waals surface area contributed by atoms with Crippen molar-refractivity contribution in [3.8, 4) is 0 Å². The summed E-state index contributed by atoms with van der Waals surface area (Å²) in [5.41, 5.74) is 2.69. The van der Waals surface area contributed by atoms with Gasteiger partial charge in [-0.2, -0.15) is 0 Å². The van der Waals surface area contributed by atoms with Gasteiger partial charge in [0, 0.05) is 37.2 Å². The average Bonchev–Trinajstić information content (AvgIpc) is 3.08. The van der Waals surface area contributed by atoms with E-state index in [1.165, 1.54) is 68.3 Å². The molecule has 0 aromatic heterocycles. The van der Waals surface area contributed by atoms with Crippen LogP contribution < -0.4 is 10.6 Å². The highest BCUT2D eigenvalue weighted by atomic mass is 32.2. The van der Waals surface area contributed by atoms with E-state index in [4.69, 9.17) is 0 Å². The van der Waals surface area contributed by atoms with Gasteiger partial charge < -0.3 is 10.6 Å². The lowest BCUT2D eigenvalue weighted by Gasteiger charge is -2.24. The topological polar surface area (TPSA) is 75.3 Å². The van der Waals surface area contributed by atoms with Gasteiger partial charge in [0.1, 0.15) is 0 Å². The second kappa shape index (κ2) is 11.5. The Morgan fingerprint density at radius 3 is 1.92 bits per heavy atom. The second-order valence-corrected chi connectivity index (χ2v) is 8.92. The standard InChI is InChI=1S/C19H30N2O3S2/c1-12(17-8-6-7-9-17)18(20-14(3)22)10-25-13(2)19(21-15(4)23)11-26-16(5)24/h18-19H,2,6-11H2,1,3-5H3,(H,20,22)(H,21,23). The van der Waals surface area contributed by atoms with E-state index in [1.54, 1.807) is 0 Å². The third kappa shape index (κ3) is 8.45. The summed E-state index contributed by atoms with van der Waals surface area (Å²) in [5, 5.41) is 5.90. The molecule has 146 valence electrons. The molecule has 0 bridgehead atoms. The summed E-state index contributed by atoms with van der Waals surface area (Å²) in [5.74, 6) is 0.925. The molecule has 26 heavy (non-hydrogen) atoms. The number of allylic oxidation sites excluding steroid dienone is 1. The monoisotopic (exact) mass is 398 g/mol. The summed E-state index contributed by atoms with van der Waals surface area (Å²) >= 11 is 2.71. The van der Waals surface area contributed by atoms with E-state index in [0.29, 0.717) is 11.5 Å². The van der Waals surface area contributed by atoms with E-state index < -0.39 is 0 Å². The normalized spacial score (nSPS) is 15.9. The molecule has 2 unspecified atom stereocenters. The van der Waals surface area contributed by atoms with Gasteiger partial charge in [-0.3, -0.25) is 14.4 Å². The predicted octanol–water partition coefficient (Wildman–Crippen LogP) is 3.41. The van der Waals surface area contributed by atoms with Gasteiger partial charge in [-0.1, -0.05) is 29.5 Å². The highest BCUT2D eigenvalue weighted by Gasteiger charge is 2.21. The number of nitrogens with one attached hydrogen (secondary N) is 2. The summed E-state index contributed by atoms with van der Waals surface area (Å²) in [6, 6.07) is -0.315. The van der Waals surface area contributed by atoms with Crippen molar-refractivity contribution in [2.24, 2.45) is 0 Å². The summed E-state index contributed by atoms with van der Waals surface area (Å²) in [6.45, 7) is 10.7. The van der Waals surface area contributed by atoms with Gasteiger partial charge in [0.25, 0.3) is 0 Å². The van der Waals surface area contributed by atoms with Crippen LogP contribution in [-0.4, -0.2) is 40.5 Å². The van der Waals surface area contributed by atoms with Crippen molar-refractivity contribution in [3.63, 3.8) is 0 Å². The summed E-state index contributed by atoms with van der Waals surface area (Å²) in [4.78, 5) is 35.1. The maximum absolute atomic E-state index is 11.6. The summed E-state index contributed by atoms with van der Waals surface area (Å²) < 4.78 is 0. The first-order valence-electron chi connectivity index (χ1n) is 8.88. The molecule has 1 aliphatic rings. The van der Waals surface area contributed by atoms with Crippen molar-refractivity contribution in [1.82, 2.24) is 10.6 Å². The number of hydrogen-bond donors (Lipinski definition) is 2. The molecule has 5 nitrogen and oxygen atoms in total. The van der Waals surface area contributed by atoms with Crippen LogP contribution in [0.5, 0.6) is 0 Å². The van der Waals surface area contributed by atoms with Crippen LogP contribution in [0, 0.1) is 0 Å². The van der Waals surface area contributed by atoms with Gasteiger partial charge in [-0.25, -0.2) is 0 Å². The maximum atomic E-state index is 11.6. The van der Waals surface area contributed by atoms with Gasteiger partial charge in [-0.05, 0) is 32.6 Å². The minimum Gasteiger partial charge on any atom is -0.349 e. The predicted molar refractivity (Wildman–Crippen MR) is 111 cm³/mol. The third-order valence-electron chi connectivity index (χ3n) is 4.32. The van der Waals surface area contributed by atoms with Crippen LogP contribution >= 0.6 is 23.5 Å². The largest absolute Gasteiger partial charge is 0.349 e. The van der Waals surface area contributed by atoms with Gasteiger partial charge in [0.15, 0.2) is 5.12 Å². The van der Waals surface area contributed by atoms with Crippen LogP contribution in [0.15, 0.2) is 22.6 Å². The van der Waals surface area contributed by atoms with Gasteiger partial charge in [0.2, 0.25) is 11.8 Å². The lowest BCUT2D eigenvalue weighted by molar-refractivity contribution is -0.120. The number of hydrogen-bond acceptors (Lipinski definition) is 5. The van der Waals surface area contributed by atoms with Crippen molar-refractivity contribution in [2.75, 3.05) is 11.5 Å². The SMILES string of the molecule is C=C(SCC(NC(C)=O)C(C)=C1CCCC1)C(CSC(C)=O)NC(C)=O. The minimum absolute atomic E-state index is 0.0103. The molecule has 0 aliphatic heterocycles. The average molecular weight is 399 g/mol. The second-order valence-electron chi connectivity index (χ2n) is 6.58. The molecule has 1 aliphatic carbocycles. The van der Waals surface area contributed by atoms with E-state index in [-0.39, 0.29) is 29.0 Å².